The minimum Gasteiger partial charge on any atom is -0.465 e. The number of ether oxygens (including phenoxy) is 1. The molecule has 1 N–H and O–H groups in total. The highest BCUT2D eigenvalue weighted by Gasteiger charge is 2.14. The number of methoxy groups -OCH3 is 1. The van der Waals surface area contributed by atoms with Gasteiger partial charge in [0, 0.05) is 25.3 Å². The van der Waals surface area contributed by atoms with E-state index in [2.05, 4.69) is 47.9 Å². The maximum atomic E-state index is 11.3. The number of aromatic nitrogens is 1. The lowest BCUT2D eigenvalue weighted by Crippen LogP contribution is -2.41. The quantitative estimate of drug-likeness (QED) is 0.767. The topological polar surface area (TPSA) is 54.5 Å². The van der Waals surface area contributed by atoms with Crippen molar-refractivity contribution in [2.24, 2.45) is 5.92 Å². The highest BCUT2D eigenvalue weighted by molar-refractivity contribution is 5.88. The van der Waals surface area contributed by atoms with Crippen LogP contribution in [0.15, 0.2) is 18.3 Å². The van der Waals surface area contributed by atoms with Crippen molar-refractivity contribution in [2.45, 2.75) is 26.4 Å². The van der Waals surface area contributed by atoms with Crippen molar-refractivity contribution in [2.75, 3.05) is 27.7 Å². The Balaban J connectivity index is 2.57. The van der Waals surface area contributed by atoms with Crippen molar-refractivity contribution in [3.8, 4) is 0 Å². The van der Waals surface area contributed by atoms with Gasteiger partial charge in [-0.1, -0.05) is 13.8 Å². The predicted molar refractivity (Wildman–Crippen MR) is 79.6 cm³/mol. The summed E-state index contributed by atoms with van der Waals surface area (Å²) in [7, 11) is 5.51. The lowest BCUT2D eigenvalue weighted by molar-refractivity contribution is 0.0600. The first-order valence-electron chi connectivity index (χ1n) is 6.85. The molecule has 0 bridgehead atoms. The summed E-state index contributed by atoms with van der Waals surface area (Å²) in [6, 6.07) is 4.01. The Morgan fingerprint density at radius 2 is 2.10 bits per heavy atom. The van der Waals surface area contributed by atoms with Gasteiger partial charge in [0.2, 0.25) is 0 Å². The van der Waals surface area contributed by atoms with Crippen LogP contribution in [0, 0.1) is 5.92 Å². The molecule has 5 heteroatoms. The molecular formula is C15H25N3O2. The zero-order valence-corrected chi connectivity index (χ0v) is 13.0. The average molecular weight is 279 g/mol. The Kier molecular flexibility index (Phi) is 6.61. The minimum atomic E-state index is -0.357. The number of esters is 1. The lowest BCUT2D eigenvalue weighted by atomic mass is 10.0. The molecule has 1 aromatic rings. The van der Waals surface area contributed by atoms with Gasteiger partial charge in [0.1, 0.15) is 0 Å². The van der Waals surface area contributed by atoms with Crippen LogP contribution in [0.25, 0.3) is 0 Å². The molecule has 5 nitrogen and oxygen atoms in total. The van der Waals surface area contributed by atoms with Gasteiger partial charge in [-0.05, 0) is 32.1 Å². The molecule has 0 radical (unpaired) electrons. The molecule has 1 rings (SSSR count). The molecule has 0 fully saturated rings. The van der Waals surface area contributed by atoms with Crippen molar-refractivity contribution in [3.63, 3.8) is 0 Å². The normalized spacial score (nSPS) is 12.8. The van der Waals surface area contributed by atoms with Crippen LogP contribution in [0.2, 0.25) is 0 Å². The van der Waals surface area contributed by atoms with E-state index < -0.39 is 0 Å². The van der Waals surface area contributed by atoms with Gasteiger partial charge in [-0.3, -0.25) is 4.98 Å². The number of rotatable bonds is 7. The molecule has 1 unspecified atom stereocenters. The predicted octanol–water partition coefficient (Wildman–Crippen LogP) is 1.54. The largest absolute Gasteiger partial charge is 0.465 e. The van der Waals surface area contributed by atoms with E-state index in [1.165, 1.54) is 7.11 Å². The van der Waals surface area contributed by atoms with Gasteiger partial charge >= 0.3 is 5.97 Å². The Morgan fingerprint density at radius 3 is 2.55 bits per heavy atom. The zero-order chi connectivity index (χ0) is 15.1. The average Bonchev–Trinajstić information content (AvgIpc) is 2.42. The van der Waals surface area contributed by atoms with Crippen LogP contribution in [0.4, 0.5) is 0 Å². The van der Waals surface area contributed by atoms with Crippen molar-refractivity contribution in [3.05, 3.63) is 29.6 Å². The van der Waals surface area contributed by atoms with Crippen molar-refractivity contribution in [1.29, 1.82) is 0 Å². The Labute approximate surface area is 121 Å². The summed E-state index contributed by atoms with van der Waals surface area (Å²) >= 11 is 0. The molecule has 20 heavy (non-hydrogen) atoms. The van der Waals surface area contributed by atoms with Crippen molar-refractivity contribution >= 4 is 5.97 Å². The van der Waals surface area contributed by atoms with E-state index in [1.807, 2.05) is 6.07 Å². The van der Waals surface area contributed by atoms with E-state index in [-0.39, 0.29) is 5.97 Å². The smallest absolute Gasteiger partial charge is 0.339 e. The molecular weight excluding hydrogens is 254 g/mol. The van der Waals surface area contributed by atoms with Gasteiger partial charge in [-0.25, -0.2) is 4.79 Å². The molecule has 0 spiro atoms. The maximum absolute atomic E-state index is 11.3. The Bertz CT molecular complexity index is 416. The monoisotopic (exact) mass is 279 g/mol. The third-order valence-corrected chi connectivity index (χ3v) is 3.16. The van der Waals surface area contributed by atoms with E-state index in [0.29, 0.717) is 24.1 Å². The molecule has 1 heterocycles. The van der Waals surface area contributed by atoms with Gasteiger partial charge in [0.05, 0.1) is 18.4 Å². The van der Waals surface area contributed by atoms with Crippen LogP contribution < -0.4 is 5.32 Å². The standard InChI is InChI=1S/C15H25N3O2/c1-11(2)14(10-18(3)4)17-9-13-7-6-12(8-16-13)15(19)20-5/h6-8,11,14,17H,9-10H2,1-5H3. The first-order valence-corrected chi connectivity index (χ1v) is 6.85. The third-order valence-electron chi connectivity index (χ3n) is 3.16. The van der Waals surface area contributed by atoms with E-state index in [1.54, 1.807) is 12.3 Å². The number of nitrogens with one attached hydrogen (secondary N) is 1. The summed E-state index contributed by atoms with van der Waals surface area (Å²) < 4.78 is 4.65. The van der Waals surface area contributed by atoms with Crippen LogP contribution in [0.3, 0.4) is 0 Å². The van der Waals surface area contributed by atoms with E-state index >= 15 is 0 Å². The molecule has 0 aliphatic heterocycles. The fourth-order valence-corrected chi connectivity index (χ4v) is 1.91. The summed E-state index contributed by atoms with van der Waals surface area (Å²) in [6.45, 7) is 6.08. The first kappa shape index (κ1) is 16.6. The first-order chi connectivity index (χ1) is 9.43. The Morgan fingerprint density at radius 1 is 1.40 bits per heavy atom. The van der Waals surface area contributed by atoms with Crippen molar-refractivity contribution in [1.82, 2.24) is 15.2 Å². The molecule has 0 aliphatic carbocycles. The summed E-state index contributed by atoms with van der Waals surface area (Å²) in [5.74, 6) is 0.191. The van der Waals surface area contributed by atoms with Crippen LogP contribution in [0.1, 0.15) is 29.9 Å². The van der Waals surface area contributed by atoms with E-state index in [4.69, 9.17) is 0 Å². The summed E-state index contributed by atoms with van der Waals surface area (Å²) in [6.07, 6.45) is 1.55. The second-order valence-electron chi connectivity index (χ2n) is 5.52. The van der Waals surface area contributed by atoms with Gasteiger partial charge < -0.3 is 15.0 Å². The second kappa shape index (κ2) is 7.97. The fourth-order valence-electron chi connectivity index (χ4n) is 1.91. The van der Waals surface area contributed by atoms with Crippen LogP contribution >= 0.6 is 0 Å². The number of carbonyl (C=O) groups excluding carboxylic acids is 1. The highest BCUT2D eigenvalue weighted by atomic mass is 16.5. The molecule has 0 saturated heterocycles. The number of hydrogen-bond acceptors (Lipinski definition) is 5. The number of hydrogen-bond donors (Lipinski definition) is 1. The Hall–Kier alpha value is -1.46. The fraction of sp³-hybridized carbons (Fsp3) is 0.600. The SMILES string of the molecule is COC(=O)c1ccc(CNC(CN(C)C)C(C)C)nc1. The molecule has 0 aliphatic rings. The molecule has 0 amide bonds. The summed E-state index contributed by atoms with van der Waals surface area (Å²) in [5.41, 5.74) is 1.40. The van der Waals surface area contributed by atoms with E-state index in [9.17, 15) is 4.79 Å². The van der Waals surface area contributed by atoms with Crippen molar-refractivity contribution < 1.29 is 9.53 Å². The van der Waals surface area contributed by atoms with Gasteiger partial charge in [-0.2, -0.15) is 0 Å². The van der Waals surface area contributed by atoms with Crippen LogP contribution in [-0.2, 0) is 11.3 Å². The summed E-state index contributed by atoms with van der Waals surface area (Å²) in [5, 5.41) is 3.51. The van der Waals surface area contributed by atoms with Gasteiger partial charge in [0.25, 0.3) is 0 Å². The third kappa shape index (κ3) is 5.27. The number of nitrogens with zero attached hydrogens (tertiary/aromatic N) is 2. The highest BCUT2D eigenvalue weighted by Crippen LogP contribution is 2.06. The number of likely N-dealkylation sites (N-methyl/N-ethyl adjacent to an activating group) is 1. The second-order valence-corrected chi connectivity index (χ2v) is 5.52. The minimum absolute atomic E-state index is 0.357. The van der Waals surface area contributed by atoms with E-state index in [0.717, 1.165) is 12.2 Å². The molecule has 1 aromatic heterocycles. The molecule has 112 valence electrons. The molecule has 0 saturated carbocycles. The lowest BCUT2D eigenvalue weighted by Gasteiger charge is -2.25. The zero-order valence-electron chi connectivity index (χ0n) is 13.0. The van der Waals surface area contributed by atoms with Crippen LogP contribution in [-0.4, -0.2) is 49.6 Å². The number of pyridine rings is 1. The summed E-state index contributed by atoms with van der Waals surface area (Å²) in [4.78, 5) is 17.8. The number of carbonyl (C=O) groups is 1. The maximum Gasteiger partial charge on any atom is 0.339 e. The van der Waals surface area contributed by atoms with Gasteiger partial charge in [0.15, 0.2) is 0 Å². The molecule has 1 atom stereocenters. The van der Waals surface area contributed by atoms with Crippen LogP contribution in [0.5, 0.6) is 0 Å². The van der Waals surface area contributed by atoms with Gasteiger partial charge in [-0.15, -0.1) is 0 Å². The molecule has 0 aromatic carbocycles.